The lowest BCUT2D eigenvalue weighted by Gasteiger charge is -2.26. The van der Waals surface area contributed by atoms with Crippen LogP contribution in [0.25, 0.3) is 0 Å². The van der Waals surface area contributed by atoms with Crippen molar-refractivity contribution >= 4 is 28.2 Å². The third kappa shape index (κ3) is 3.66. The molecule has 1 aliphatic heterocycles. The summed E-state index contributed by atoms with van der Waals surface area (Å²) in [7, 11) is 0. The molecule has 1 aromatic heterocycles. The second-order valence-corrected chi connectivity index (χ2v) is 7.98. The Balaban J connectivity index is 1.92. The van der Waals surface area contributed by atoms with Crippen molar-refractivity contribution < 1.29 is 9.59 Å². The number of thiophene rings is 1. The summed E-state index contributed by atoms with van der Waals surface area (Å²) in [6, 6.07) is 5.78. The van der Waals surface area contributed by atoms with Gasteiger partial charge in [-0.2, -0.15) is 0 Å². The number of rotatable bonds is 5. The van der Waals surface area contributed by atoms with Crippen LogP contribution in [-0.4, -0.2) is 29.8 Å². The number of carbonyl (C=O) groups is 2. The summed E-state index contributed by atoms with van der Waals surface area (Å²) in [5, 5.41) is 3.52. The van der Waals surface area contributed by atoms with Gasteiger partial charge < -0.3 is 11.1 Å². The van der Waals surface area contributed by atoms with Crippen molar-refractivity contribution in [3.8, 4) is 0 Å². The number of benzene rings is 1. The van der Waals surface area contributed by atoms with Crippen LogP contribution in [0.2, 0.25) is 0 Å². The predicted molar refractivity (Wildman–Crippen MR) is 106 cm³/mol. The van der Waals surface area contributed by atoms with Crippen molar-refractivity contribution in [1.82, 2.24) is 4.90 Å². The lowest BCUT2D eigenvalue weighted by atomic mass is 10.0. The number of fused-ring (bicyclic) bond motifs is 1. The highest BCUT2D eigenvalue weighted by Gasteiger charge is 2.27. The van der Waals surface area contributed by atoms with Crippen LogP contribution in [0.15, 0.2) is 18.2 Å². The van der Waals surface area contributed by atoms with Crippen molar-refractivity contribution in [3.05, 3.63) is 50.9 Å². The maximum Gasteiger partial charge on any atom is 0.256 e. The molecule has 0 bridgehead atoms. The lowest BCUT2D eigenvalue weighted by Crippen LogP contribution is -2.31. The van der Waals surface area contributed by atoms with E-state index in [2.05, 4.69) is 17.1 Å². The van der Waals surface area contributed by atoms with Gasteiger partial charge in [0.05, 0.1) is 5.56 Å². The molecule has 0 saturated carbocycles. The fraction of sp³-hybridized carbons (Fsp3) is 0.400. The van der Waals surface area contributed by atoms with E-state index in [0.717, 1.165) is 54.0 Å². The Hall–Kier alpha value is -2.18. The van der Waals surface area contributed by atoms with Crippen LogP contribution >= 0.6 is 11.3 Å². The molecule has 3 rings (SSSR count). The smallest absolute Gasteiger partial charge is 0.256 e. The number of hydrogen-bond acceptors (Lipinski definition) is 4. The summed E-state index contributed by atoms with van der Waals surface area (Å²) in [6.07, 6.45) is 1.89. The van der Waals surface area contributed by atoms with E-state index < -0.39 is 5.91 Å². The predicted octanol–water partition coefficient (Wildman–Crippen LogP) is 3.48. The zero-order valence-electron chi connectivity index (χ0n) is 15.5. The van der Waals surface area contributed by atoms with E-state index in [1.165, 1.54) is 11.3 Å². The zero-order valence-corrected chi connectivity index (χ0v) is 16.3. The average molecular weight is 372 g/mol. The van der Waals surface area contributed by atoms with Gasteiger partial charge >= 0.3 is 0 Å². The van der Waals surface area contributed by atoms with Crippen LogP contribution < -0.4 is 11.1 Å². The maximum absolute atomic E-state index is 12.8. The quantitative estimate of drug-likeness (QED) is 0.845. The molecule has 138 valence electrons. The molecule has 0 saturated heterocycles. The number of primary amides is 1. The van der Waals surface area contributed by atoms with Gasteiger partial charge in [0.15, 0.2) is 0 Å². The lowest BCUT2D eigenvalue weighted by molar-refractivity contribution is 0.1000. The van der Waals surface area contributed by atoms with Gasteiger partial charge in [0.2, 0.25) is 0 Å². The Kier molecular flexibility index (Phi) is 5.44. The fourth-order valence-corrected chi connectivity index (χ4v) is 4.75. The number of nitrogens with zero attached hydrogens (tertiary/aromatic N) is 1. The Morgan fingerprint density at radius 2 is 2.08 bits per heavy atom. The van der Waals surface area contributed by atoms with Crippen LogP contribution in [0.3, 0.4) is 0 Å². The summed E-state index contributed by atoms with van der Waals surface area (Å²) < 4.78 is 0. The van der Waals surface area contributed by atoms with Gasteiger partial charge in [-0.25, -0.2) is 0 Å². The first kappa shape index (κ1) is 18.6. The molecule has 0 radical (unpaired) electrons. The summed E-state index contributed by atoms with van der Waals surface area (Å²) in [5.41, 5.74) is 9.69. The van der Waals surface area contributed by atoms with Gasteiger partial charge in [-0.3, -0.25) is 14.5 Å². The number of nitrogens with one attached hydrogen (secondary N) is 1. The normalized spacial score (nSPS) is 14.1. The number of carbonyl (C=O) groups excluding carboxylic acids is 2. The molecule has 0 spiro atoms. The van der Waals surface area contributed by atoms with E-state index in [4.69, 9.17) is 5.73 Å². The van der Waals surface area contributed by atoms with Crippen molar-refractivity contribution in [1.29, 1.82) is 0 Å². The highest BCUT2D eigenvalue weighted by molar-refractivity contribution is 7.17. The molecule has 6 heteroatoms. The van der Waals surface area contributed by atoms with Crippen molar-refractivity contribution in [2.45, 2.75) is 40.2 Å². The fourth-order valence-electron chi connectivity index (χ4n) is 3.46. The first-order valence-electron chi connectivity index (χ1n) is 8.96. The minimum Gasteiger partial charge on any atom is -0.365 e. The monoisotopic (exact) mass is 371 g/mol. The van der Waals surface area contributed by atoms with E-state index in [0.29, 0.717) is 16.1 Å². The molecule has 0 unspecified atom stereocenters. The highest BCUT2D eigenvalue weighted by atomic mass is 32.1. The highest BCUT2D eigenvalue weighted by Crippen LogP contribution is 2.37. The van der Waals surface area contributed by atoms with Crippen molar-refractivity contribution in [2.24, 2.45) is 5.73 Å². The van der Waals surface area contributed by atoms with Crippen molar-refractivity contribution in [2.75, 3.05) is 18.4 Å². The third-order valence-corrected chi connectivity index (χ3v) is 5.92. The molecule has 0 fully saturated rings. The summed E-state index contributed by atoms with van der Waals surface area (Å²) in [6.45, 7) is 8.79. The summed E-state index contributed by atoms with van der Waals surface area (Å²) in [4.78, 5) is 28.3. The van der Waals surface area contributed by atoms with E-state index in [1.54, 1.807) is 0 Å². The molecule has 0 atom stereocenters. The molecular formula is C20H25N3O2S. The van der Waals surface area contributed by atoms with Gasteiger partial charge in [0.25, 0.3) is 11.8 Å². The number of aryl methyl sites for hydroxylation is 2. The van der Waals surface area contributed by atoms with Crippen molar-refractivity contribution in [3.63, 3.8) is 0 Å². The minimum atomic E-state index is -0.470. The molecule has 1 aliphatic rings. The van der Waals surface area contributed by atoms with Crippen LogP contribution in [0.5, 0.6) is 0 Å². The SMILES string of the molecule is CCCN1CCc2c(sc(NC(=O)c3cc(C)ccc3C)c2C(N)=O)C1. The Morgan fingerprint density at radius 1 is 1.31 bits per heavy atom. The Labute approximate surface area is 158 Å². The molecule has 26 heavy (non-hydrogen) atoms. The van der Waals surface area contributed by atoms with Crippen LogP contribution in [-0.2, 0) is 13.0 Å². The zero-order chi connectivity index (χ0) is 18.8. The first-order chi connectivity index (χ1) is 12.4. The standard InChI is InChI=1S/C20H25N3O2S/c1-4-8-23-9-7-14-16(11-23)26-20(17(14)18(21)24)22-19(25)15-10-12(2)5-6-13(15)3/h5-6,10H,4,7-9,11H2,1-3H3,(H2,21,24)(H,22,25). The average Bonchev–Trinajstić information content (AvgIpc) is 2.94. The maximum atomic E-state index is 12.8. The molecular weight excluding hydrogens is 346 g/mol. The van der Waals surface area contributed by atoms with E-state index in [-0.39, 0.29) is 5.91 Å². The molecule has 3 N–H and O–H groups in total. The number of nitrogens with two attached hydrogens (primary N) is 1. The second kappa shape index (κ2) is 7.60. The van der Waals surface area contributed by atoms with E-state index >= 15 is 0 Å². The van der Waals surface area contributed by atoms with Crippen LogP contribution in [0, 0.1) is 13.8 Å². The molecule has 5 nitrogen and oxygen atoms in total. The molecule has 2 amide bonds. The number of amides is 2. The van der Waals surface area contributed by atoms with Gasteiger partial charge in [-0.05, 0) is 50.4 Å². The second-order valence-electron chi connectivity index (χ2n) is 6.87. The van der Waals surface area contributed by atoms with E-state index in [9.17, 15) is 9.59 Å². The minimum absolute atomic E-state index is 0.197. The Bertz CT molecular complexity index is 857. The van der Waals surface area contributed by atoms with Crippen LogP contribution in [0.4, 0.5) is 5.00 Å². The number of hydrogen-bond donors (Lipinski definition) is 2. The topological polar surface area (TPSA) is 75.4 Å². The number of anilines is 1. The first-order valence-corrected chi connectivity index (χ1v) is 9.77. The third-order valence-electron chi connectivity index (χ3n) is 4.79. The summed E-state index contributed by atoms with van der Waals surface area (Å²) in [5.74, 6) is -0.666. The van der Waals surface area contributed by atoms with Gasteiger partial charge in [-0.15, -0.1) is 11.3 Å². The van der Waals surface area contributed by atoms with Gasteiger partial charge in [0.1, 0.15) is 5.00 Å². The summed E-state index contributed by atoms with van der Waals surface area (Å²) >= 11 is 1.48. The molecule has 2 aromatic rings. The van der Waals surface area contributed by atoms with Crippen LogP contribution in [0.1, 0.15) is 55.6 Å². The molecule has 0 aliphatic carbocycles. The van der Waals surface area contributed by atoms with Gasteiger partial charge in [0, 0.05) is 23.5 Å². The Morgan fingerprint density at radius 3 is 2.77 bits per heavy atom. The molecule has 1 aromatic carbocycles. The van der Waals surface area contributed by atoms with Gasteiger partial charge in [-0.1, -0.05) is 24.6 Å². The largest absolute Gasteiger partial charge is 0.365 e. The van der Waals surface area contributed by atoms with E-state index in [1.807, 2.05) is 32.0 Å². The molecule has 2 heterocycles.